The zero-order valence-electron chi connectivity index (χ0n) is 10.00. The van der Waals surface area contributed by atoms with E-state index in [9.17, 15) is 0 Å². The Morgan fingerprint density at radius 1 is 1.07 bits per heavy atom. The van der Waals surface area contributed by atoms with E-state index in [0.29, 0.717) is 0 Å². The first kappa shape index (κ1) is 9.69. The molecule has 0 radical (unpaired) electrons. The number of hydrogen-bond acceptors (Lipinski definition) is 0. The Labute approximate surface area is 93.5 Å². The lowest BCUT2D eigenvalue weighted by Crippen LogP contribution is -2.16. The van der Waals surface area contributed by atoms with Gasteiger partial charge in [0.2, 0.25) is 0 Å². The first-order chi connectivity index (χ1) is 7.24. The minimum Gasteiger partial charge on any atom is -0.0851 e. The second kappa shape index (κ2) is 3.50. The number of allylic oxidation sites excluding steroid dienone is 4. The standard InChI is InChI=1S/C15H22/c1-10-3-6-15(10)14-8-12-4-5-13(9-14)11(2)7-12/h4-5,11-14H,3,6-9H2,1-2H3. The molecule has 4 aliphatic carbocycles. The summed E-state index contributed by atoms with van der Waals surface area (Å²) < 4.78 is 0. The van der Waals surface area contributed by atoms with Crippen LogP contribution in [-0.4, -0.2) is 0 Å². The number of fused-ring (bicyclic) bond motifs is 3. The Bertz CT molecular complexity index is 321. The van der Waals surface area contributed by atoms with Crippen molar-refractivity contribution in [2.24, 2.45) is 23.7 Å². The maximum atomic E-state index is 2.52. The van der Waals surface area contributed by atoms with Crippen molar-refractivity contribution in [1.29, 1.82) is 0 Å². The summed E-state index contributed by atoms with van der Waals surface area (Å²) in [5, 5.41) is 0. The molecule has 0 aromatic carbocycles. The lowest BCUT2D eigenvalue weighted by atomic mass is 9.76. The lowest BCUT2D eigenvalue weighted by Gasteiger charge is -2.30. The Hall–Kier alpha value is -0.520. The van der Waals surface area contributed by atoms with Crippen molar-refractivity contribution >= 4 is 0 Å². The molecular formula is C15H22. The van der Waals surface area contributed by atoms with Crippen LogP contribution in [0.25, 0.3) is 0 Å². The molecule has 82 valence electrons. The number of rotatable bonds is 1. The molecule has 4 aliphatic rings. The van der Waals surface area contributed by atoms with E-state index in [1.807, 2.05) is 5.57 Å². The molecule has 0 saturated heterocycles. The zero-order chi connectivity index (χ0) is 10.4. The summed E-state index contributed by atoms with van der Waals surface area (Å²) >= 11 is 0. The van der Waals surface area contributed by atoms with Crippen molar-refractivity contribution in [1.82, 2.24) is 0 Å². The molecule has 1 fully saturated rings. The van der Waals surface area contributed by atoms with Gasteiger partial charge >= 0.3 is 0 Å². The Kier molecular flexibility index (Phi) is 2.26. The van der Waals surface area contributed by atoms with Gasteiger partial charge in [-0.2, -0.15) is 0 Å². The fourth-order valence-corrected chi connectivity index (χ4v) is 3.85. The van der Waals surface area contributed by atoms with E-state index >= 15 is 0 Å². The minimum absolute atomic E-state index is 0.884. The number of hydrogen-bond donors (Lipinski definition) is 0. The van der Waals surface area contributed by atoms with Gasteiger partial charge in [-0.1, -0.05) is 30.2 Å². The van der Waals surface area contributed by atoms with Gasteiger partial charge in [-0.3, -0.25) is 0 Å². The zero-order valence-corrected chi connectivity index (χ0v) is 10.00. The van der Waals surface area contributed by atoms with Gasteiger partial charge in [0, 0.05) is 0 Å². The second-order valence-electron chi connectivity index (χ2n) is 6.00. The van der Waals surface area contributed by atoms with Crippen LogP contribution in [0.5, 0.6) is 0 Å². The smallest absolute Gasteiger partial charge is 0.0189 e. The van der Waals surface area contributed by atoms with Crippen molar-refractivity contribution < 1.29 is 0 Å². The third kappa shape index (κ3) is 1.58. The summed E-state index contributed by atoms with van der Waals surface area (Å²) in [5.74, 6) is 3.65. The molecule has 0 aromatic heterocycles. The van der Waals surface area contributed by atoms with Gasteiger partial charge in [-0.15, -0.1) is 0 Å². The average molecular weight is 202 g/mol. The quantitative estimate of drug-likeness (QED) is 0.555. The van der Waals surface area contributed by atoms with E-state index in [2.05, 4.69) is 26.0 Å². The van der Waals surface area contributed by atoms with E-state index < -0.39 is 0 Å². The molecule has 2 bridgehead atoms. The summed E-state index contributed by atoms with van der Waals surface area (Å²) in [4.78, 5) is 0. The van der Waals surface area contributed by atoms with Crippen LogP contribution in [0.3, 0.4) is 0 Å². The Balaban J connectivity index is 1.82. The first-order valence-electron chi connectivity index (χ1n) is 6.61. The topological polar surface area (TPSA) is 0 Å². The predicted molar refractivity (Wildman–Crippen MR) is 64.6 cm³/mol. The van der Waals surface area contributed by atoms with Crippen molar-refractivity contribution in [2.75, 3.05) is 0 Å². The maximum absolute atomic E-state index is 2.52. The summed E-state index contributed by atoms with van der Waals surface area (Å²) in [5.41, 5.74) is 3.55. The largest absolute Gasteiger partial charge is 0.0851 e. The van der Waals surface area contributed by atoms with Crippen molar-refractivity contribution in [3.05, 3.63) is 23.3 Å². The van der Waals surface area contributed by atoms with Crippen LogP contribution < -0.4 is 0 Å². The molecule has 0 amide bonds. The van der Waals surface area contributed by atoms with Gasteiger partial charge in [0.1, 0.15) is 0 Å². The molecular weight excluding hydrogens is 180 g/mol. The molecule has 4 atom stereocenters. The highest BCUT2D eigenvalue weighted by Crippen LogP contribution is 2.47. The highest BCUT2D eigenvalue weighted by Gasteiger charge is 2.34. The van der Waals surface area contributed by atoms with Crippen LogP contribution in [0.15, 0.2) is 23.3 Å². The molecule has 0 aliphatic heterocycles. The molecule has 0 nitrogen and oxygen atoms in total. The summed E-state index contributed by atoms with van der Waals surface area (Å²) in [6.45, 7) is 4.80. The molecule has 15 heavy (non-hydrogen) atoms. The monoisotopic (exact) mass is 202 g/mol. The predicted octanol–water partition coefficient (Wildman–Crippen LogP) is 4.34. The highest BCUT2D eigenvalue weighted by molar-refractivity contribution is 5.26. The average Bonchev–Trinajstić information content (AvgIpc) is 2.46. The van der Waals surface area contributed by atoms with Gasteiger partial charge in [-0.25, -0.2) is 0 Å². The Morgan fingerprint density at radius 3 is 2.53 bits per heavy atom. The van der Waals surface area contributed by atoms with Crippen LogP contribution in [0, 0.1) is 23.7 Å². The fourth-order valence-electron chi connectivity index (χ4n) is 3.85. The minimum atomic E-state index is 0.884. The molecule has 0 spiro atoms. The van der Waals surface area contributed by atoms with Crippen LogP contribution >= 0.6 is 0 Å². The maximum Gasteiger partial charge on any atom is -0.0189 e. The molecule has 4 unspecified atom stereocenters. The van der Waals surface area contributed by atoms with E-state index in [4.69, 9.17) is 0 Å². The SMILES string of the molecule is CC1=C(C2CC3C=CC(C2)C(C)C3)CC1. The van der Waals surface area contributed by atoms with Gasteiger partial charge in [0.15, 0.2) is 0 Å². The molecule has 1 saturated carbocycles. The van der Waals surface area contributed by atoms with Crippen LogP contribution in [0.1, 0.15) is 46.0 Å². The van der Waals surface area contributed by atoms with E-state index in [1.165, 1.54) is 32.1 Å². The summed E-state index contributed by atoms with van der Waals surface area (Å²) in [7, 11) is 0. The summed E-state index contributed by atoms with van der Waals surface area (Å²) in [6, 6.07) is 0. The van der Waals surface area contributed by atoms with E-state index in [-0.39, 0.29) is 0 Å². The third-order valence-corrected chi connectivity index (χ3v) is 4.99. The van der Waals surface area contributed by atoms with Crippen molar-refractivity contribution in [2.45, 2.75) is 46.0 Å². The normalized spacial score (nSPS) is 44.1. The van der Waals surface area contributed by atoms with Crippen LogP contribution in [0.4, 0.5) is 0 Å². The second-order valence-corrected chi connectivity index (χ2v) is 6.00. The van der Waals surface area contributed by atoms with Gasteiger partial charge in [0.25, 0.3) is 0 Å². The van der Waals surface area contributed by atoms with Gasteiger partial charge in [-0.05, 0) is 62.7 Å². The molecule has 4 rings (SSSR count). The van der Waals surface area contributed by atoms with E-state index in [0.717, 1.165) is 23.7 Å². The lowest BCUT2D eigenvalue weighted by molar-refractivity contribution is 0.357. The van der Waals surface area contributed by atoms with Crippen LogP contribution in [-0.2, 0) is 0 Å². The Morgan fingerprint density at radius 2 is 1.93 bits per heavy atom. The van der Waals surface area contributed by atoms with Crippen molar-refractivity contribution in [3.63, 3.8) is 0 Å². The van der Waals surface area contributed by atoms with Gasteiger partial charge < -0.3 is 0 Å². The van der Waals surface area contributed by atoms with Gasteiger partial charge in [0.05, 0.1) is 0 Å². The molecule has 0 aromatic rings. The highest BCUT2D eigenvalue weighted by atomic mass is 14.4. The van der Waals surface area contributed by atoms with Crippen LogP contribution in [0.2, 0.25) is 0 Å². The summed E-state index contributed by atoms with van der Waals surface area (Å²) in [6.07, 6.45) is 12.2. The molecule has 0 heteroatoms. The third-order valence-electron chi connectivity index (χ3n) is 4.99. The van der Waals surface area contributed by atoms with Crippen molar-refractivity contribution in [3.8, 4) is 0 Å². The first-order valence-corrected chi connectivity index (χ1v) is 6.61. The molecule has 0 N–H and O–H groups in total. The van der Waals surface area contributed by atoms with E-state index in [1.54, 1.807) is 5.57 Å². The fraction of sp³-hybridized carbons (Fsp3) is 0.733. The molecule has 0 heterocycles.